The van der Waals surface area contributed by atoms with Crippen molar-refractivity contribution in [1.29, 1.82) is 0 Å². The van der Waals surface area contributed by atoms with Gasteiger partial charge in [-0.15, -0.1) is 0 Å². The Balaban J connectivity index is 2.10. The molecule has 150 valence electrons. The molecule has 2 aromatic carbocycles. The molecule has 0 amide bonds. The van der Waals surface area contributed by atoms with E-state index in [0.29, 0.717) is 12.0 Å². The largest absolute Gasteiger partial charge is 0.428 e. The number of carbonyl (C=O) groups is 2. The lowest BCUT2D eigenvalue weighted by molar-refractivity contribution is -0.143. The molecule has 0 fully saturated rings. The van der Waals surface area contributed by atoms with E-state index in [-0.39, 0.29) is 18.1 Å². The van der Waals surface area contributed by atoms with Crippen molar-refractivity contribution in [2.24, 2.45) is 4.99 Å². The normalized spacial score (nSPS) is 18.9. The average Bonchev–Trinajstić information content (AvgIpc) is 3.06. The van der Waals surface area contributed by atoms with Gasteiger partial charge in [-0.25, -0.2) is 9.79 Å². The van der Waals surface area contributed by atoms with E-state index < -0.39 is 17.5 Å². The first-order valence-electron chi connectivity index (χ1n) is 9.85. The summed E-state index contributed by atoms with van der Waals surface area (Å²) in [5.41, 5.74) is 0.175. The molecular weight excluding hydrogens is 366 g/mol. The van der Waals surface area contributed by atoms with Crippen LogP contribution in [0.5, 0.6) is 0 Å². The SMILES string of the molecule is CCCC/C=C(\OC(C)=O)C1(Cc2ccccc2)N=C(c2ccccc2)OC1=O. The highest BCUT2D eigenvalue weighted by Crippen LogP contribution is 2.35. The molecule has 1 unspecified atom stereocenters. The van der Waals surface area contributed by atoms with E-state index in [9.17, 15) is 9.59 Å². The molecule has 5 nitrogen and oxygen atoms in total. The van der Waals surface area contributed by atoms with Crippen molar-refractivity contribution in [1.82, 2.24) is 0 Å². The Morgan fingerprint density at radius 1 is 1.10 bits per heavy atom. The summed E-state index contributed by atoms with van der Waals surface area (Å²) in [6.45, 7) is 3.40. The van der Waals surface area contributed by atoms with Crippen LogP contribution in [0.2, 0.25) is 0 Å². The maximum absolute atomic E-state index is 13.2. The number of hydrogen-bond acceptors (Lipinski definition) is 5. The van der Waals surface area contributed by atoms with Gasteiger partial charge in [-0.2, -0.15) is 0 Å². The molecule has 5 heteroatoms. The molecule has 0 saturated carbocycles. The number of hydrogen-bond donors (Lipinski definition) is 0. The molecule has 0 saturated heterocycles. The highest BCUT2D eigenvalue weighted by molar-refractivity contribution is 6.09. The molecule has 0 radical (unpaired) electrons. The summed E-state index contributed by atoms with van der Waals surface area (Å²) >= 11 is 0. The Labute approximate surface area is 171 Å². The van der Waals surface area contributed by atoms with Gasteiger partial charge in [0.25, 0.3) is 0 Å². The van der Waals surface area contributed by atoms with Gasteiger partial charge >= 0.3 is 11.9 Å². The molecule has 0 bridgehead atoms. The smallest absolute Gasteiger partial charge is 0.349 e. The molecule has 0 aromatic heterocycles. The molecule has 0 spiro atoms. The number of esters is 2. The fourth-order valence-corrected chi connectivity index (χ4v) is 3.25. The van der Waals surface area contributed by atoms with Crippen LogP contribution in [0, 0.1) is 0 Å². The Hall–Kier alpha value is -3.21. The van der Waals surface area contributed by atoms with Crippen LogP contribution in [0.15, 0.2) is 77.5 Å². The minimum Gasteiger partial charge on any atom is -0.428 e. The molecule has 1 heterocycles. The Morgan fingerprint density at radius 3 is 2.38 bits per heavy atom. The van der Waals surface area contributed by atoms with E-state index >= 15 is 0 Å². The number of cyclic esters (lactones) is 1. The number of carbonyl (C=O) groups excluding carboxylic acids is 2. The van der Waals surface area contributed by atoms with Crippen LogP contribution in [0.3, 0.4) is 0 Å². The lowest BCUT2D eigenvalue weighted by Gasteiger charge is -2.24. The number of benzene rings is 2. The van der Waals surface area contributed by atoms with Crippen LogP contribution in [0.25, 0.3) is 0 Å². The van der Waals surface area contributed by atoms with E-state index in [1.54, 1.807) is 6.08 Å². The van der Waals surface area contributed by atoms with E-state index in [1.807, 2.05) is 60.7 Å². The van der Waals surface area contributed by atoms with E-state index in [0.717, 1.165) is 18.4 Å². The van der Waals surface area contributed by atoms with Crippen LogP contribution in [-0.2, 0) is 25.5 Å². The fraction of sp³-hybridized carbons (Fsp3) is 0.292. The zero-order valence-electron chi connectivity index (χ0n) is 16.8. The van der Waals surface area contributed by atoms with Gasteiger partial charge in [0.2, 0.25) is 11.4 Å². The Bertz CT molecular complexity index is 918. The lowest BCUT2D eigenvalue weighted by Crippen LogP contribution is -2.40. The Morgan fingerprint density at radius 2 is 1.76 bits per heavy atom. The second kappa shape index (κ2) is 9.32. The predicted molar refractivity (Wildman–Crippen MR) is 111 cm³/mol. The molecule has 1 atom stereocenters. The van der Waals surface area contributed by atoms with E-state index in [4.69, 9.17) is 14.5 Å². The summed E-state index contributed by atoms with van der Waals surface area (Å²) in [7, 11) is 0. The maximum Gasteiger partial charge on any atom is 0.349 e. The van der Waals surface area contributed by atoms with Crippen LogP contribution >= 0.6 is 0 Å². The number of allylic oxidation sites excluding steroid dienone is 1. The highest BCUT2D eigenvalue weighted by Gasteiger charge is 2.51. The van der Waals surface area contributed by atoms with Gasteiger partial charge in [-0.1, -0.05) is 61.9 Å². The van der Waals surface area contributed by atoms with Gasteiger partial charge in [-0.05, 0) is 36.6 Å². The third kappa shape index (κ3) is 4.80. The summed E-state index contributed by atoms with van der Waals surface area (Å²) < 4.78 is 11.1. The van der Waals surface area contributed by atoms with E-state index in [1.165, 1.54) is 6.92 Å². The van der Waals surface area contributed by atoms with Crippen molar-refractivity contribution in [3.8, 4) is 0 Å². The van der Waals surface area contributed by atoms with Gasteiger partial charge in [0.05, 0.1) is 0 Å². The first kappa shape index (κ1) is 20.5. The minimum atomic E-state index is -1.42. The zero-order chi connectivity index (χ0) is 20.7. The second-order valence-electron chi connectivity index (χ2n) is 7.00. The summed E-state index contributed by atoms with van der Waals surface area (Å²) in [5.74, 6) is -0.557. The first-order valence-corrected chi connectivity index (χ1v) is 9.85. The van der Waals surface area contributed by atoms with Crippen LogP contribution < -0.4 is 0 Å². The highest BCUT2D eigenvalue weighted by atomic mass is 16.6. The summed E-state index contributed by atoms with van der Waals surface area (Å²) in [5, 5.41) is 0. The van der Waals surface area contributed by atoms with Gasteiger partial charge in [-0.3, -0.25) is 4.79 Å². The molecule has 3 rings (SSSR count). The quantitative estimate of drug-likeness (QED) is 0.374. The van der Waals surface area contributed by atoms with Crippen LogP contribution in [0.1, 0.15) is 44.2 Å². The molecule has 0 N–H and O–H groups in total. The van der Waals surface area contributed by atoms with Gasteiger partial charge in [0, 0.05) is 18.9 Å². The summed E-state index contributed by atoms with van der Waals surface area (Å²) in [6.07, 6.45) is 4.62. The van der Waals surface area contributed by atoms with Crippen molar-refractivity contribution in [3.63, 3.8) is 0 Å². The third-order valence-corrected chi connectivity index (χ3v) is 4.69. The van der Waals surface area contributed by atoms with Crippen LogP contribution in [0.4, 0.5) is 0 Å². The van der Waals surface area contributed by atoms with Crippen LogP contribution in [-0.4, -0.2) is 23.4 Å². The van der Waals surface area contributed by atoms with Crippen molar-refractivity contribution >= 4 is 17.8 Å². The molecule has 0 aliphatic carbocycles. The standard InChI is InChI=1S/C24H25NO4/c1-3-4-7-16-21(28-18(2)26)24(17-19-12-8-5-9-13-19)23(27)29-22(25-24)20-14-10-6-11-15-20/h5-6,8-16H,3-4,7,17H2,1-2H3/b21-16-. The Kier molecular flexibility index (Phi) is 6.60. The molecule has 2 aromatic rings. The number of aliphatic imine (C=N–C) groups is 1. The van der Waals surface area contributed by atoms with Gasteiger partial charge < -0.3 is 9.47 Å². The molecular formula is C24H25NO4. The number of unbranched alkanes of at least 4 members (excludes halogenated alkanes) is 2. The summed E-state index contributed by atoms with van der Waals surface area (Å²) in [6, 6.07) is 18.8. The van der Waals surface area contributed by atoms with Crippen molar-refractivity contribution in [2.75, 3.05) is 0 Å². The fourth-order valence-electron chi connectivity index (χ4n) is 3.25. The molecule has 1 aliphatic heterocycles. The maximum atomic E-state index is 13.2. The van der Waals surface area contributed by atoms with Gasteiger partial charge in [0.1, 0.15) is 5.76 Å². The first-order chi connectivity index (χ1) is 14.0. The third-order valence-electron chi connectivity index (χ3n) is 4.69. The summed E-state index contributed by atoms with van der Waals surface area (Å²) in [4.78, 5) is 29.7. The average molecular weight is 391 g/mol. The van der Waals surface area contributed by atoms with Crippen molar-refractivity contribution in [3.05, 3.63) is 83.6 Å². The van der Waals surface area contributed by atoms with Crippen molar-refractivity contribution < 1.29 is 19.1 Å². The zero-order valence-corrected chi connectivity index (χ0v) is 16.8. The number of rotatable bonds is 8. The second-order valence-corrected chi connectivity index (χ2v) is 7.00. The molecule has 1 aliphatic rings. The minimum absolute atomic E-state index is 0.234. The topological polar surface area (TPSA) is 65.0 Å². The number of ether oxygens (including phenoxy) is 2. The lowest BCUT2D eigenvalue weighted by atomic mass is 9.88. The predicted octanol–water partition coefficient (Wildman–Crippen LogP) is 4.61. The monoisotopic (exact) mass is 391 g/mol. The molecule has 29 heavy (non-hydrogen) atoms. The number of nitrogens with zero attached hydrogens (tertiary/aromatic N) is 1. The van der Waals surface area contributed by atoms with E-state index in [2.05, 4.69) is 6.92 Å². The van der Waals surface area contributed by atoms with Crippen molar-refractivity contribution in [2.45, 2.75) is 45.1 Å². The van der Waals surface area contributed by atoms with Gasteiger partial charge in [0.15, 0.2) is 0 Å².